The summed E-state index contributed by atoms with van der Waals surface area (Å²) >= 11 is 0. The lowest BCUT2D eigenvalue weighted by atomic mass is 10.1. The molecule has 5 nitrogen and oxygen atoms in total. The number of rotatable bonds is 6. The van der Waals surface area contributed by atoms with Gasteiger partial charge in [-0.2, -0.15) is 0 Å². The predicted octanol–water partition coefficient (Wildman–Crippen LogP) is 1.87. The number of nitrogens with one attached hydrogen (secondary N) is 2. The first-order chi connectivity index (χ1) is 8.78. The van der Waals surface area contributed by atoms with Crippen LogP contribution >= 0.6 is 0 Å². The van der Waals surface area contributed by atoms with Gasteiger partial charge in [0, 0.05) is 19.2 Å². The second-order valence-corrected chi connectivity index (χ2v) is 4.93. The van der Waals surface area contributed by atoms with Crippen molar-refractivity contribution in [2.24, 2.45) is 5.92 Å². The lowest BCUT2D eigenvalue weighted by Crippen LogP contribution is -2.13. The van der Waals surface area contributed by atoms with E-state index in [-0.39, 0.29) is 6.10 Å². The van der Waals surface area contributed by atoms with E-state index in [0.29, 0.717) is 5.92 Å². The van der Waals surface area contributed by atoms with Crippen molar-refractivity contribution >= 4 is 11.6 Å². The van der Waals surface area contributed by atoms with Gasteiger partial charge >= 0.3 is 0 Å². The van der Waals surface area contributed by atoms with E-state index in [4.69, 9.17) is 0 Å². The zero-order valence-electron chi connectivity index (χ0n) is 10.9. The van der Waals surface area contributed by atoms with Crippen molar-refractivity contribution in [1.82, 2.24) is 9.97 Å². The molecule has 0 bridgehead atoms. The van der Waals surface area contributed by atoms with Crippen LogP contribution in [-0.2, 0) is 0 Å². The van der Waals surface area contributed by atoms with Gasteiger partial charge in [0.05, 0.1) is 6.10 Å². The fourth-order valence-electron chi connectivity index (χ4n) is 2.29. The smallest absolute Gasteiger partial charge is 0.131 e. The molecule has 1 heterocycles. The summed E-state index contributed by atoms with van der Waals surface area (Å²) in [5.41, 5.74) is 0. The molecule has 2 rings (SSSR count). The molecule has 1 fully saturated rings. The first-order valence-electron chi connectivity index (χ1n) is 6.75. The van der Waals surface area contributed by atoms with E-state index in [1.807, 2.05) is 6.07 Å². The summed E-state index contributed by atoms with van der Waals surface area (Å²) in [6.45, 7) is 3.92. The first kappa shape index (κ1) is 13.1. The van der Waals surface area contributed by atoms with Crippen LogP contribution in [0.25, 0.3) is 0 Å². The maximum Gasteiger partial charge on any atom is 0.131 e. The third-order valence-electron chi connectivity index (χ3n) is 3.31. The minimum atomic E-state index is -0.107. The highest BCUT2D eigenvalue weighted by Crippen LogP contribution is 2.25. The Morgan fingerprint density at radius 1 is 1.28 bits per heavy atom. The van der Waals surface area contributed by atoms with Crippen LogP contribution in [0.5, 0.6) is 0 Å². The van der Waals surface area contributed by atoms with Gasteiger partial charge in [-0.15, -0.1) is 0 Å². The highest BCUT2D eigenvalue weighted by atomic mass is 16.3. The van der Waals surface area contributed by atoms with Crippen molar-refractivity contribution in [2.45, 2.75) is 38.7 Å². The van der Waals surface area contributed by atoms with Gasteiger partial charge in [-0.25, -0.2) is 9.97 Å². The van der Waals surface area contributed by atoms with Gasteiger partial charge < -0.3 is 15.7 Å². The van der Waals surface area contributed by atoms with Crippen LogP contribution in [0.3, 0.4) is 0 Å². The summed E-state index contributed by atoms with van der Waals surface area (Å²) in [4.78, 5) is 8.37. The summed E-state index contributed by atoms with van der Waals surface area (Å²) in [6.07, 6.45) is 5.47. The summed E-state index contributed by atoms with van der Waals surface area (Å²) in [6, 6.07) is 1.93. The van der Waals surface area contributed by atoms with Gasteiger partial charge in [0.15, 0.2) is 0 Å². The summed E-state index contributed by atoms with van der Waals surface area (Å²) < 4.78 is 0. The molecule has 1 aromatic rings. The summed E-state index contributed by atoms with van der Waals surface area (Å²) in [5.74, 6) is 2.27. The Kier molecular flexibility index (Phi) is 4.75. The maximum atomic E-state index is 9.47. The van der Waals surface area contributed by atoms with Crippen LogP contribution in [0.15, 0.2) is 12.4 Å². The van der Waals surface area contributed by atoms with Crippen molar-refractivity contribution in [3.63, 3.8) is 0 Å². The molecular formula is C13H22N4O. The average molecular weight is 250 g/mol. The molecule has 2 unspecified atom stereocenters. The molecule has 1 aromatic heterocycles. The molecule has 0 aromatic carbocycles. The average Bonchev–Trinajstić information content (AvgIpc) is 2.80. The molecular weight excluding hydrogens is 228 g/mol. The second kappa shape index (κ2) is 6.54. The molecule has 0 saturated heterocycles. The molecule has 18 heavy (non-hydrogen) atoms. The fourth-order valence-corrected chi connectivity index (χ4v) is 2.29. The second-order valence-electron chi connectivity index (χ2n) is 4.93. The molecule has 2 atom stereocenters. The molecule has 1 aliphatic carbocycles. The Hall–Kier alpha value is -1.36. The van der Waals surface area contributed by atoms with Gasteiger partial charge in [-0.1, -0.05) is 6.92 Å². The highest BCUT2D eigenvalue weighted by molar-refractivity contribution is 5.46. The van der Waals surface area contributed by atoms with E-state index >= 15 is 0 Å². The minimum absolute atomic E-state index is 0.107. The minimum Gasteiger partial charge on any atom is -0.393 e. The molecule has 100 valence electrons. The number of anilines is 2. The van der Waals surface area contributed by atoms with Crippen LogP contribution < -0.4 is 10.6 Å². The molecule has 0 spiro atoms. The number of nitrogens with zero attached hydrogens (tertiary/aromatic N) is 2. The van der Waals surface area contributed by atoms with Crippen molar-refractivity contribution < 1.29 is 5.11 Å². The quantitative estimate of drug-likeness (QED) is 0.719. The van der Waals surface area contributed by atoms with Gasteiger partial charge in [0.2, 0.25) is 0 Å². The Morgan fingerprint density at radius 3 is 2.72 bits per heavy atom. The normalized spacial score (nSPS) is 23.0. The lowest BCUT2D eigenvalue weighted by Gasteiger charge is -2.12. The standard InChI is InChI=1S/C13H22N4O/c1-2-5-14-12-7-13(17-9-16-12)15-8-10-3-4-11(18)6-10/h7,9-11,18H,2-6,8H2,1H3,(H2,14,15,16,17). The van der Waals surface area contributed by atoms with E-state index in [1.54, 1.807) is 6.33 Å². The van der Waals surface area contributed by atoms with Gasteiger partial charge in [-0.3, -0.25) is 0 Å². The zero-order chi connectivity index (χ0) is 12.8. The van der Waals surface area contributed by atoms with Crippen LogP contribution in [0, 0.1) is 5.92 Å². The zero-order valence-corrected chi connectivity index (χ0v) is 10.9. The number of aliphatic hydroxyl groups is 1. The van der Waals surface area contributed by atoms with Crippen molar-refractivity contribution in [3.8, 4) is 0 Å². The number of hydrogen-bond donors (Lipinski definition) is 3. The van der Waals surface area contributed by atoms with Crippen LogP contribution in [0.4, 0.5) is 11.6 Å². The predicted molar refractivity (Wildman–Crippen MR) is 72.7 cm³/mol. The van der Waals surface area contributed by atoms with Gasteiger partial charge in [0.1, 0.15) is 18.0 Å². The van der Waals surface area contributed by atoms with E-state index in [1.165, 1.54) is 0 Å². The summed E-state index contributed by atoms with van der Waals surface area (Å²) in [5, 5.41) is 16.0. The summed E-state index contributed by atoms with van der Waals surface area (Å²) in [7, 11) is 0. The van der Waals surface area contributed by atoms with Crippen LogP contribution in [0.2, 0.25) is 0 Å². The Bertz CT molecular complexity index is 372. The molecule has 5 heteroatoms. The maximum absolute atomic E-state index is 9.47. The van der Waals surface area contributed by atoms with Crippen LogP contribution in [-0.4, -0.2) is 34.3 Å². The van der Waals surface area contributed by atoms with Crippen molar-refractivity contribution in [2.75, 3.05) is 23.7 Å². The fraction of sp³-hybridized carbons (Fsp3) is 0.692. The van der Waals surface area contributed by atoms with Crippen molar-refractivity contribution in [3.05, 3.63) is 12.4 Å². The number of aliphatic hydroxyl groups excluding tert-OH is 1. The first-order valence-corrected chi connectivity index (χ1v) is 6.75. The molecule has 0 amide bonds. The van der Waals surface area contributed by atoms with E-state index in [2.05, 4.69) is 27.5 Å². The molecule has 0 radical (unpaired) electrons. The van der Waals surface area contributed by atoms with E-state index in [9.17, 15) is 5.11 Å². The molecule has 3 N–H and O–H groups in total. The van der Waals surface area contributed by atoms with E-state index in [0.717, 1.165) is 50.4 Å². The van der Waals surface area contributed by atoms with E-state index < -0.39 is 0 Å². The molecule has 1 aliphatic rings. The van der Waals surface area contributed by atoms with Gasteiger partial charge in [0.25, 0.3) is 0 Å². The molecule has 0 aliphatic heterocycles. The molecule has 1 saturated carbocycles. The topological polar surface area (TPSA) is 70.1 Å². The van der Waals surface area contributed by atoms with Gasteiger partial charge in [-0.05, 0) is 31.6 Å². The van der Waals surface area contributed by atoms with Crippen LogP contribution in [0.1, 0.15) is 32.6 Å². The highest BCUT2D eigenvalue weighted by Gasteiger charge is 2.22. The third-order valence-corrected chi connectivity index (χ3v) is 3.31. The Labute approximate surface area is 108 Å². The Morgan fingerprint density at radius 2 is 2.06 bits per heavy atom. The largest absolute Gasteiger partial charge is 0.393 e. The monoisotopic (exact) mass is 250 g/mol. The SMILES string of the molecule is CCCNc1cc(NCC2CCC(O)C2)ncn1. The Balaban J connectivity index is 1.81. The lowest BCUT2D eigenvalue weighted by molar-refractivity contribution is 0.178. The van der Waals surface area contributed by atoms with Crippen molar-refractivity contribution in [1.29, 1.82) is 0 Å². The number of aromatic nitrogens is 2. The third kappa shape index (κ3) is 3.84. The number of hydrogen-bond acceptors (Lipinski definition) is 5.